The van der Waals surface area contributed by atoms with Crippen LogP contribution in [0.5, 0.6) is 0 Å². The monoisotopic (exact) mass is 812 g/mol. The van der Waals surface area contributed by atoms with E-state index in [0.717, 1.165) is 0 Å². The molecule has 0 radical (unpaired) electrons. The Morgan fingerprint density at radius 3 is 1.05 bits per heavy atom. The molecule has 0 aromatic rings. The van der Waals surface area contributed by atoms with Crippen LogP contribution in [0, 0.1) is 5.41 Å². The molecule has 0 amide bonds. The molecule has 0 aromatic heterocycles. The van der Waals surface area contributed by atoms with Crippen molar-refractivity contribution in [3.63, 3.8) is 0 Å². The number of rotatable bonds is 20. The van der Waals surface area contributed by atoms with Crippen LogP contribution in [0.4, 0.5) is 0 Å². The SMILES string of the molecule is CCC[CH2][Sn]([CH2]CCC)([CH2]CCC)[C]12CC3(C[C]1([Sn]([CH2]CCC)([CH2]CCC)[CH2]CCC)S2(=O)=O)OCC(C)(C)CO3. The molecule has 1 aliphatic carbocycles. The fourth-order valence-corrected chi connectivity index (χ4v) is 84.7. The summed E-state index contributed by atoms with van der Waals surface area (Å²) in [6, 6.07) is 0. The fraction of sp³-hybridized carbons (Fsp3) is 1.00. The number of unbranched alkanes of at least 4 members (excludes halogenated alkanes) is 6. The molecule has 2 saturated heterocycles. The Kier molecular flexibility index (Phi) is 13.4. The third-order valence-corrected chi connectivity index (χ3v) is 63.6. The van der Waals surface area contributed by atoms with Gasteiger partial charge in [-0.15, -0.1) is 0 Å². The van der Waals surface area contributed by atoms with Crippen molar-refractivity contribution in [3.05, 3.63) is 0 Å². The third kappa shape index (κ3) is 6.40. The van der Waals surface area contributed by atoms with Gasteiger partial charge in [-0.25, -0.2) is 0 Å². The zero-order valence-corrected chi connectivity index (χ0v) is 35.1. The van der Waals surface area contributed by atoms with Crippen molar-refractivity contribution in [3.8, 4) is 0 Å². The van der Waals surface area contributed by atoms with Crippen LogP contribution in [0.15, 0.2) is 0 Å². The summed E-state index contributed by atoms with van der Waals surface area (Å²) >= 11 is -6.66. The van der Waals surface area contributed by atoms with Gasteiger partial charge in [0.15, 0.2) is 0 Å². The Labute approximate surface area is 264 Å². The minimum atomic E-state index is -3.33. The molecule has 3 fully saturated rings. The van der Waals surface area contributed by atoms with Crippen molar-refractivity contribution in [1.82, 2.24) is 0 Å². The quantitative estimate of drug-likeness (QED) is 0.0908. The molecular formula is C34H68O4SSn2. The molecule has 0 bridgehead atoms. The molecule has 2 aliphatic heterocycles. The predicted octanol–water partition coefficient (Wildman–Crippen LogP) is 10.2. The van der Waals surface area contributed by atoms with E-state index in [0.29, 0.717) is 26.1 Å². The van der Waals surface area contributed by atoms with Crippen LogP contribution in [-0.2, 0) is 19.3 Å². The summed E-state index contributed by atoms with van der Waals surface area (Å²) in [4.78, 5) is 0. The molecule has 242 valence electrons. The Morgan fingerprint density at radius 2 is 0.805 bits per heavy atom. The van der Waals surface area contributed by atoms with Crippen LogP contribution in [0.1, 0.15) is 145 Å². The van der Waals surface area contributed by atoms with E-state index in [2.05, 4.69) is 55.4 Å². The van der Waals surface area contributed by atoms with E-state index in [1.54, 1.807) is 0 Å². The average Bonchev–Trinajstić information content (AvgIpc) is 3.20. The van der Waals surface area contributed by atoms with Crippen LogP contribution < -0.4 is 0 Å². The summed E-state index contributed by atoms with van der Waals surface area (Å²) in [7, 11) is -3.20. The van der Waals surface area contributed by atoms with Crippen LogP contribution in [0.2, 0.25) is 26.6 Å². The van der Waals surface area contributed by atoms with E-state index in [1.807, 2.05) is 0 Å². The molecule has 2 atom stereocenters. The van der Waals surface area contributed by atoms with Crippen molar-refractivity contribution >= 4 is 46.6 Å². The van der Waals surface area contributed by atoms with Crippen molar-refractivity contribution in [2.24, 2.45) is 5.41 Å². The van der Waals surface area contributed by atoms with E-state index < -0.39 is 57.9 Å². The minimum absolute atomic E-state index is 0.00275. The van der Waals surface area contributed by atoms with Crippen LogP contribution in [0.25, 0.3) is 0 Å². The summed E-state index contributed by atoms with van der Waals surface area (Å²) < 4.78 is 51.6. The molecule has 2 unspecified atom stereocenters. The molecule has 1 saturated carbocycles. The van der Waals surface area contributed by atoms with Crippen LogP contribution in [-0.4, -0.2) is 69.7 Å². The Hall–Kier alpha value is 1.47. The Bertz CT molecular complexity index is 825. The van der Waals surface area contributed by atoms with Crippen LogP contribution >= 0.6 is 0 Å². The second-order valence-corrected chi connectivity index (χ2v) is 47.9. The van der Waals surface area contributed by atoms with Crippen molar-refractivity contribution in [2.45, 2.75) is 183 Å². The molecule has 2 heterocycles. The van der Waals surface area contributed by atoms with E-state index in [-0.39, 0.29) is 5.41 Å². The van der Waals surface area contributed by atoms with E-state index in [9.17, 15) is 0 Å². The van der Waals surface area contributed by atoms with Gasteiger partial charge in [-0.05, 0) is 0 Å². The fourth-order valence-electron chi connectivity index (χ4n) is 9.60. The molecule has 1 spiro atoms. The normalized spacial score (nSPS) is 28.2. The molecule has 4 nitrogen and oxygen atoms in total. The van der Waals surface area contributed by atoms with Gasteiger partial charge in [-0.3, -0.25) is 0 Å². The molecule has 3 rings (SSSR count). The van der Waals surface area contributed by atoms with Gasteiger partial charge in [0.05, 0.1) is 0 Å². The second-order valence-electron chi connectivity index (χ2n) is 15.3. The summed E-state index contributed by atoms with van der Waals surface area (Å²) in [5, 5.41) is 0. The van der Waals surface area contributed by atoms with E-state index in [1.165, 1.54) is 104 Å². The topological polar surface area (TPSA) is 52.6 Å². The number of fused-ring (bicyclic) bond motifs is 1. The zero-order valence-electron chi connectivity index (χ0n) is 28.6. The Balaban J connectivity index is 2.33. The van der Waals surface area contributed by atoms with Crippen LogP contribution in [0.3, 0.4) is 0 Å². The van der Waals surface area contributed by atoms with Gasteiger partial charge in [0.2, 0.25) is 0 Å². The van der Waals surface area contributed by atoms with Gasteiger partial charge in [0.1, 0.15) is 0 Å². The maximum atomic E-state index is 15.6. The molecule has 41 heavy (non-hydrogen) atoms. The van der Waals surface area contributed by atoms with Gasteiger partial charge >= 0.3 is 266 Å². The van der Waals surface area contributed by atoms with Crippen molar-refractivity contribution in [1.29, 1.82) is 0 Å². The summed E-state index contributed by atoms with van der Waals surface area (Å²) in [6.07, 6.45) is 15.8. The number of hydrogen-bond acceptors (Lipinski definition) is 4. The van der Waals surface area contributed by atoms with E-state index >= 15 is 8.42 Å². The molecular weight excluding hydrogens is 742 g/mol. The molecule has 7 heteroatoms. The zero-order chi connectivity index (χ0) is 30.5. The number of ether oxygens (including phenoxy) is 2. The summed E-state index contributed by atoms with van der Waals surface area (Å²) in [5.41, 5.74) is -0.00275. The van der Waals surface area contributed by atoms with Gasteiger partial charge in [-0.2, -0.15) is 0 Å². The molecule has 0 N–H and O–H groups in total. The first-order valence-corrected chi connectivity index (χ1v) is 34.4. The molecule has 0 aromatic carbocycles. The molecule has 3 aliphatic rings. The van der Waals surface area contributed by atoms with Crippen molar-refractivity contribution in [2.75, 3.05) is 13.2 Å². The van der Waals surface area contributed by atoms with Gasteiger partial charge in [-0.1, -0.05) is 0 Å². The first-order chi connectivity index (χ1) is 19.4. The standard InChI is InChI=1S/C10H14O4S.6C4H9.2Sn/c1-9(2)5-13-10(14-6-9)3-7-8(4-10)15(7,11)12;6*1-3-4-2;;/h3-6H2,1-2H3;6*1,3-4H2,2H3;;. The first kappa shape index (κ1) is 36.9. The first-order valence-electron chi connectivity index (χ1n) is 18.0. The summed E-state index contributed by atoms with van der Waals surface area (Å²) in [6.45, 7) is 19.8. The van der Waals surface area contributed by atoms with Gasteiger partial charge in [0.25, 0.3) is 0 Å². The Morgan fingerprint density at radius 1 is 0.537 bits per heavy atom. The second kappa shape index (κ2) is 14.9. The van der Waals surface area contributed by atoms with Gasteiger partial charge in [0, 0.05) is 0 Å². The number of sulfone groups is 1. The van der Waals surface area contributed by atoms with Crippen molar-refractivity contribution < 1.29 is 17.9 Å². The number of hydrogen-bond donors (Lipinski definition) is 0. The average molecular weight is 810 g/mol. The summed E-state index contributed by atoms with van der Waals surface area (Å²) in [5.74, 6) is -0.652. The maximum absolute atomic E-state index is 15.6. The van der Waals surface area contributed by atoms with E-state index in [4.69, 9.17) is 9.47 Å². The third-order valence-electron chi connectivity index (χ3n) is 11.8. The van der Waals surface area contributed by atoms with Gasteiger partial charge < -0.3 is 0 Å². The predicted molar refractivity (Wildman–Crippen MR) is 182 cm³/mol.